The molecule has 1 aliphatic carbocycles. The van der Waals surface area contributed by atoms with Crippen molar-refractivity contribution >= 4 is 23.0 Å². The van der Waals surface area contributed by atoms with Gasteiger partial charge in [-0.05, 0) is 42.5 Å². The summed E-state index contributed by atoms with van der Waals surface area (Å²) < 4.78 is 11.6. The molecule has 4 rings (SSSR count). The number of thiophene rings is 1. The molecule has 0 unspecified atom stereocenters. The molecule has 2 heterocycles. The number of aryl methyl sites for hydroxylation is 1. The Labute approximate surface area is 184 Å². The van der Waals surface area contributed by atoms with Gasteiger partial charge in [-0.25, -0.2) is 0 Å². The van der Waals surface area contributed by atoms with Gasteiger partial charge < -0.3 is 15.2 Å². The number of ketones is 1. The van der Waals surface area contributed by atoms with Crippen molar-refractivity contribution in [2.24, 2.45) is 5.73 Å². The Kier molecular flexibility index (Phi) is 6.08. The summed E-state index contributed by atoms with van der Waals surface area (Å²) in [6.07, 6.45) is 6.73. The van der Waals surface area contributed by atoms with Crippen LogP contribution in [0.3, 0.4) is 0 Å². The predicted molar refractivity (Wildman–Crippen MR) is 119 cm³/mol. The van der Waals surface area contributed by atoms with Crippen LogP contribution in [0.25, 0.3) is 11.3 Å². The average Bonchev–Trinajstić information content (AvgIpc) is 3.38. The van der Waals surface area contributed by atoms with Crippen molar-refractivity contribution in [3.63, 3.8) is 0 Å². The quantitative estimate of drug-likeness (QED) is 0.364. The molecule has 0 atom stereocenters. The Bertz CT molecular complexity index is 1130. The number of hydrogen-bond acceptors (Lipinski definition) is 6. The number of H-pyrrole nitrogens is 1. The molecule has 1 amide bonds. The maximum Gasteiger partial charge on any atom is 0.259 e. The molecular weight excluding hydrogens is 414 g/mol. The molecule has 31 heavy (non-hydrogen) atoms. The van der Waals surface area contributed by atoms with Crippen molar-refractivity contribution in [2.45, 2.75) is 45.4 Å². The number of aromatic amines is 1. The zero-order valence-electron chi connectivity index (χ0n) is 17.6. The van der Waals surface area contributed by atoms with Crippen LogP contribution >= 0.6 is 11.3 Å². The molecule has 8 heteroatoms. The summed E-state index contributed by atoms with van der Waals surface area (Å²) in [5, 5.41) is 7.73. The molecule has 162 valence electrons. The first-order valence-electron chi connectivity index (χ1n) is 10.4. The highest BCUT2D eigenvalue weighted by Crippen LogP contribution is 2.48. The monoisotopic (exact) mass is 439 g/mol. The first-order chi connectivity index (χ1) is 15.0. The minimum atomic E-state index is -0.468. The third kappa shape index (κ3) is 4.07. The highest BCUT2D eigenvalue weighted by atomic mass is 32.1. The van der Waals surface area contributed by atoms with Crippen LogP contribution in [0.1, 0.15) is 63.8 Å². The number of carbonyl (C=O) groups excluding carboxylic acids is 2. The van der Waals surface area contributed by atoms with E-state index in [1.165, 1.54) is 18.4 Å². The maximum absolute atomic E-state index is 12.6. The fourth-order valence-corrected chi connectivity index (χ4v) is 5.00. The van der Waals surface area contributed by atoms with Crippen LogP contribution in [-0.2, 0) is 12.8 Å². The van der Waals surface area contributed by atoms with Gasteiger partial charge in [0, 0.05) is 12.5 Å². The van der Waals surface area contributed by atoms with Crippen molar-refractivity contribution < 1.29 is 19.1 Å². The van der Waals surface area contributed by atoms with Crippen molar-refractivity contribution in [3.8, 4) is 27.8 Å². The van der Waals surface area contributed by atoms with E-state index in [0.717, 1.165) is 48.1 Å². The van der Waals surface area contributed by atoms with Gasteiger partial charge in [0.2, 0.25) is 0 Å². The zero-order chi connectivity index (χ0) is 22.0. The van der Waals surface area contributed by atoms with Crippen LogP contribution in [0.2, 0.25) is 0 Å². The summed E-state index contributed by atoms with van der Waals surface area (Å²) in [7, 11) is 1.54. The number of methoxy groups -OCH3 is 1. The minimum Gasteiger partial charge on any atom is -0.496 e. The molecule has 1 aliphatic rings. The lowest BCUT2D eigenvalue weighted by Crippen LogP contribution is -2.13. The van der Waals surface area contributed by atoms with Crippen molar-refractivity contribution in [1.29, 1.82) is 0 Å². The van der Waals surface area contributed by atoms with E-state index in [2.05, 4.69) is 17.1 Å². The number of nitrogens with zero attached hydrogens (tertiary/aromatic N) is 1. The number of ether oxygens (including phenoxy) is 2. The van der Waals surface area contributed by atoms with Gasteiger partial charge in [0.25, 0.3) is 5.91 Å². The third-order valence-corrected chi connectivity index (χ3v) is 6.63. The number of carbonyl (C=O) groups is 2. The molecule has 0 saturated heterocycles. The molecular formula is C23H25N3O4S. The SMILES string of the molecule is CCCCCC(=O)c1ccc(Oc2sc(C(N)=O)c3c2-c2[nH]ncc2CC3)cc1OC. The largest absolute Gasteiger partial charge is 0.496 e. The molecule has 7 nitrogen and oxygen atoms in total. The van der Waals surface area contributed by atoms with Gasteiger partial charge in [-0.3, -0.25) is 14.7 Å². The second kappa shape index (κ2) is 8.93. The Morgan fingerprint density at radius 1 is 1.26 bits per heavy atom. The van der Waals surface area contributed by atoms with E-state index in [1.54, 1.807) is 24.4 Å². The maximum atomic E-state index is 12.6. The second-order valence-electron chi connectivity index (χ2n) is 7.55. The Morgan fingerprint density at radius 3 is 2.84 bits per heavy atom. The fraction of sp³-hybridized carbons (Fsp3) is 0.348. The van der Waals surface area contributed by atoms with Crippen molar-refractivity contribution in [2.75, 3.05) is 7.11 Å². The number of nitrogens with two attached hydrogens (primary N) is 1. The van der Waals surface area contributed by atoms with Crippen LogP contribution in [0.4, 0.5) is 0 Å². The minimum absolute atomic E-state index is 0.0588. The molecule has 0 saturated carbocycles. The lowest BCUT2D eigenvalue weighted by atomic mass is 9.92. The van der Waals surface area contributed by atoms with Crippen LogP contribution in [0.15, 0.2) is 24.4 Å². The molecule has 0 radical (unpaired) electrons. The van der Waals surface area contributed by atoms with Gasteiger partial charge in [0.1, 0.15) is 11.5 Å². The first kappa shape index (κ1) is 21.1. The first-order valence-corrected chi connectivity index (χ1v) is 11.2. The van der Waals surface area contributed by atoms with E-state index in [1.807, 2.05) is 0 Å². The van der Waals surface area contributed by atoms with Gasteiger partial charge in [-0.2, -0.15) is 5.10 Å². The molecule has 3 N–H and O–H groups in total. The standard InChI is InChI=1S/C23H25N3O4S/c1-3-4-5-6-17(27)15-10-8-14(11-18(15)29-2)30-23-19-16(21(31-23)22(24)28)9-7-13-12-25-26-20(13)19/h8,10-12H,3-7,9H2,1-2H3,(H2,24,28)(H,25,26). The predicted octanol–water partition coefficient (Wildman–Crippen LogP) is 4.90. The normalized spacial score (nSPS) is 12.2. The van der Waals surface area contributed by atoms with Gasteiger partial charge in [-0.15, -0.1) is 0 Å². The molecule has 0 bridgehead atoms. The number of amides is 1. The van der Waals surface area contributed by atoms with Crippen LogP contribution < -0.4 is 15.2 Å². The number of primary amides is 1. The Hall–Kier alpha value is -3.13. The average molecular weight is 440 g/mol. The van der Waals surface area contributed by atoms with E-state index in [-0.39, 0.29) is 5.78 Å². The number of hydrogen-bond donors (Lipinski definition) is 2. The zero-order valence-corrected chi connectivity index (χ0v) is 18.4. The smallest absolute Gasteiger partial charge is 0.259 e. The third-order valence-electron chi connectivity index (χ3n) is 5.50. The number of nitrogens with one attached hydrogen (secondary N) is 1. The summed E-state index contributed by atoms with van der Waals surface area (Å²) in [5.74, 6) is 0.587. The molecule has 3 aromatic rings. The van der Waals surface area contributed by atoms with Gasteiger partial charge in [0.05, 0.1) is 35.0 Å². The summed E-state index contributed by atoms with van der Waals surface area (Å²) in [6.45, 7) is 2.11. The Morgan fingerprint density at radius 2 is 2.10 bits per heavy atom. The summed E-state index contributed by atoms with van der Waals surface area (Å²) in [5.41, 5.74) is 9.82. The summed E-state index contributed by atoms with van der Waals surface area (Å²) in [4.78, 5) is 25.1. The van der Waals surface area contributed by atoms with E-state index in [9.17, 15) is 9.59 Å². The van der Waals surface area contributed by atoms with E-state index < -0.39 is 5.91 Å². The molecule has 0 spiro atoms. The fourth-order valence-electron chi connectivity index (χ4n) is 3.92. The highest BCUT2D eigenvalue weighted by Gasteiger charge is 2.30. The lowest BCUT2D eigenvalue weighted by Gasteiger charge is -2.15. The second-order valence-corrected chi connectivity index (χ2v) is 8.53. The molecule has 0 aliphatic heterocycles. The van der Waals surface area contributed by atoms with E-state index in [4.69, 9.17) is 15.2 Å². The topological polar surface area (TPSA) is 107 Å². The molecule has 2 aromatic heterocycles. The number of unbranched alkanes of at least 4 members (excludes halogenated alkanes) is 2. The van der Waals surface area contributed by atoms with Crippen LogP contribution in [0, 0.1) is 0 Å². The summed E-state index contributed by atoms with van der Waals surface area (Å²) in [6, 6.07) is 5.20. The molecule has 0 fully saturated rings. The lowest BCUT2D eigenvalue weighted by molar-refractivity contribution is 0.0974. The number of aromatic nitrogens is 2. The van der Waals surface area contributed by atoms with Crippen LogP contribution in [0.5, 0.6) is 16.6 Å². The summed E-state index contributed by atoms with van der Waals surface area (Å²) >= 11 is 1.23. The van der Waals surface area contributed by atoms with Gasteiger partial charge in [-0.1, -0.05) is 31.1 Å². The molecule has 1 aromatic carbocycles. The number of fused-ring (bicyclic) bond motifs is 3. The Balaban J connectivity index is 1.66. The van der Waals surface area contributed by atoms with Crippen LogP contribution in [-0.4, -0.2) is 29.0 Å². The van der Waals surface area contributed by atoms with Gasteiger partial charge >= 0.3 is 0 Å². The van der Waals surface area contributed by atoms with Crippen molar-refractivity contribution in [3.05, 3.63) is 46.0 Å². The number of Topliss-reactive ketones (excluding diaryl/α,β-unsaturated/α-hetero) is 1. The highest BCUT2D eigenvalue weighted by molar-refractivity contribution is 7.16. The number of rotatable bonds is 9. The van der Waals surface area contributed by atoms with Gasteiger partial charge in [0.15, 0.2) is 10.8 Å². The van der Waals surface area contributed by atoms with E-state index in [0.29, 0.717) is 39.8 Å². The number of benzene rings is 1. The van der Waals surface area contributed by atoms with E-state index >= 15 is 0 Å². The van der Waals surface area contributed by atoms with Crippen molar-refractivity contribution in [1.82, 2.24) is 10.2 Å².